The third kappa shape index (κ3) is 71.4. The van der Waals surface area contributed by atoms with Gasteiger partial charge in [0.25, 0.3) is 0 Å². The van der Waals surface area contributed by atoms with Crippen molar-refractivity contribution >= 4 is 37.2 Å². The van der Waals surface area contributed by atoms with Crippen LogP contribution in [0.25, 0.3) is 0 Å². The molecule has 6 heavy (non-hydrogen) atoms. The van der Waals surface area contributed by atoms with Gasteiger partial charge in [0.1, 0.15) is 0 Å². The van der Waals surface area contributed by atoms with Gasteiger partial charge >= 0.3 is 0 Å². The maximum Gasteiger partial charge on any atom is 0 e. The maximum atomic E-state index is 7.50. The van der Waals surface area contributed by atoms with Crippen LogP contribution in [0.5, 0.6) is 0 Å². The molecule has 0 aliphatic heterocycles. The van der Waals surface area contributed by atoms with E-state index in [4.69, 9.17) is 4.91 Å². The minimum Gasteiger partial charge on any atom is -0.154 e. The van der Waals surface area contributed by atoms with Crippen LogP contribution >= 0.6 is 37.2 Å². The number of hydrogen-bond donors (Lipinski definition) is 1. The van der Waals surface area contributed by atoms with E-state index >= 15 is 0 Å². The van der Waals surface area contributed by atoms with Crippen molar-refractivity contribution in [1.82, 2.24) is 0 Å². The Hall–Kier alpha value is 1.09. The van der Waals surface area contributed by atoms with E-state index in [1.807, 2.05) is 0 Å². The van der Waals surface area contributed by atoms with Gasteiger partial charge in [-0.25, -0.2) is 0 Å². The Bertz CT molecular complexity index is 10.8. The first kappa shape index (κ1) is 60.1. The molecule has 0 fully saturated rings. The van der Waals surface area contributed by atoms with Crippen LogP contribution in [0, 0.1) is 10.5 Å². The predicted octanol–water partition coefficient (Wildman–Crippen LogP) is 1.59. The summed E-state index contributed by atoms with van der Waals surface area (Å²) in [5.74, 6) is 0. The fourth-order valence-corrected chi connectivity index (χ4v) is 0. The van der Waals surface area contributed by atoms with Gasteiger partial charge in [-0.05, 0) is 0 Å². The first-order valence-corrected chi connectivity index (χ1v) is 0.204. The molecule has 0 aromatic heterocycles. The van der Waals surface area contributed by atoms with Crippen LogP contribution in [0.4, 0.5) is 0 Å². The average molecular weight is 241 g/mol. The second-order valence-corrected chi connectivity index (χ2v) is 0. The summed E-state index contributed by atoms with van der Waals surface area (Å²) in [6.45, 7) is 0. The SMILES string of the molecule is Cl.Cl.Cl.N=O.[Ru]. The largest absolute Gasteiger partial charge is 0.154 e. The van der Waals surface area contributed by atoms with Crippen LogP contribution < -0.4 is 0 Å². The molecule has 0 unspecified atom stereocenters. The van der Waals surface area contributed by atoms with Gasteiger partial charge in [0.15, 0.2) is 0 Å². The van der Waals surface area contributed by atoms with Gasteiger partial charge in [-0.3, -0.25) is 0 Å². The quantitative estimate of drug-likeness (QED) is 0.508. The topological polar surface area (TPSA) is 40.9 Å². The van der Waals surface area contributed by atoms with E-state index in [-0.39, 0.29) is 56.7 Å². The minimum absolute atomic E-state index is 0. The Labute approximate surface area is 67.2 Å². The molecule has 0 aromatic carbocycles. The van der Waals surface area contributed by atoms with Gasteiger partial charge in [-0.2, -0.15) is 4.91 Å². The van der Waals surface area contributed by atoms with Crippen LogP contribution in [-0.4, -0.2) is 0 Å². The van der Waals surface area contributed by atoms with E-state index in [0.717, 1.165) is 0 Å². The number of nitrogens with one attached hydrogen (secondary N) is 1. The Balaban J connectivity index is -0.000000000833. The van der Waals surface area contributed by atoms with Gasteiger partial charge in [0, 0.05) is 19.5 Å². The number of rotatable bonds is 0. The van der Waals surface area contributed by atoms with Gasteiger partial charge in [0.05, 0.1) is 0 Å². The molecule has 0 aromatic rings. The standard InChI is InChI=1S/3ClH.HNO.Ru/c;;;1-2;/h3*1H;1H;. The molecule has 0 radical (unpaired) electrons. The summed E-state index contributed by atoms with van der Waals surface area (Å²) in [4.78, 5) is 7.50. The Morgan fingerprint density at radius 1 is 0.833 bits per heavy atom. The zero-order valence-corrected chi connectivity index (χ0v) is 6.67. The van der Waals surface area contributed by atoms with Gasteiger partial charge in [-0.15, -0.1) is 37.2 Å². The second-order valence-electron chi connectivity index (χ2n) is 0. The summed E-state index contributed by atoms with van der Waals surface area (Å²) >= 11 is 0. The van der Waals surface area contributed by atoms with E-state index < -0.39 is 0 Å². The maximum absolute atomic E-state index is 7.50. The zero-order valence-electron chi connectivity index (χ0n) is 2.49. The number of hydrogen-bond acceptors (Lipinski definition) is 2. The predicted molar refractivity (Wildman–Crippen MR) is 27.8 cm³/mol. The summed E-state index contributed by atoms with van der Waals surface area (Å²) < 4.78 is 0. The summed E-state index contributed by atoms with van der Waals surface area (Å²) in [5, 5.41) is 0. The Morgan fingerprint density at radius 2 is 0.833 bits per heavy atom. The van der Waals surface area contributed by atoms with Crippen LogP contribution in [0.3, 0.4) is 0 Å². The molecule has 0 heterocycles. The van der Waals surface area contributed by atoms with Crippen molar-refractivity contribution in [1.29, 1.82) is 5.59 Å². The molecular weight excluding hydrogens is 237 g/mol. The molecule has 0 aliphatic rings. The van der Waals surface area contributed by atoms with Crippen LogP contribution in [-0.2, 0) is 19.5 Å². The van der Waals surface area contributed by atoms with Crippen molar-refractivity contribution < 1.29 is 19.5 Å². The van der Waals surface area contributed by atoms with Crippen LogP contribution in [0.2, 0.25) is 0 Å². The summed E-state index contributed by atoms with van der Waals surface area (Å²) in [7, 11) is 0. The molecular formula is H4Cl3NORu. The Morgan fingerprint density at radius 3 is 0.833 bits per heavy atom. The molecule has 0 saturated carbocycles. The summed E-state index contributed by atoms with van der Waals surface area (Å²) in [6, 6.07) is 0. The third-order valence-corrected chi connectivity index (χ3v) is 0. The molecule has 6 heteroatoms. The molecule has 0 bridgehead atoms. The zero-order chi connectivity index (χ0) is 2.00. The second kappa shape index (κ2) is 132. The molecule has 0 amide bonds. The number of halogens is 3. The average Bonchev–Trinajstić information content (AvgIpc) is 1.00. The van der Waals surface area contributed by atoms with Crippen molar-refractivity contribution in [3.63, 3.8) is 0 Å². The van der Waals surface area contributed by atoms with Gasteiger partial charge in [-0.1, -0.05) is 5.59 Å². The molecule has 44 valence electrons. The smallest absolute Gasteiger partial charge is 0 e. The molecule has 0 aliphatic carbocycles. The molecule has 0 saturated heterocycles. The van der Waals surface area contributed by atoms with Crippen molar-refractivity contribution in [2.75, 3.05) is 0 Å². The normalized spacial score (nSPS) is 0.667. The fourth-order valence-electron chi connectivity index (χ4n) is 0. The molecule has 0 atom stereocenters. The molecule has 1 N–H and O–H groups in total. The van der Waals surface area contributed by atoms with E-state index in [9.17, 15) is 0 Å². The summed E-state index contributed by atoms with van der Waals surface area (Å²) in [6.07, 6.45) is 0. The third-order valence-electron chi connectivity index (χ3n) is 0. The van der Waals surface area contributed by atoms with Crippen LogP contribution in [0.15, 0.2) is 0 Å². The Kier molecular flexibility index (Phi) is 1320. The monoisotopic (exact) mass is 241 g/mol. The molecule has 0 rings (SSSR count). The summed E-state index contributed by atoms with van der Waals surface area (Å²) in [5.41, 5.74) is 4.50. The van der Waals surface area contributed by atoms with Crippen molar-refractivity contribution in [3.8, 4) is 0 Å². The minimum atomic E-state index is 0. The van der Waals surface area contributed by atoms with Gasteiger partial charge < -0.3 is 0 Å². The molecule has 0 spiro atoms. The molecule has 2 nitrogen and oxygen atoms in total. The van der Waals surface area contributed by atoms with Gasteiger partial charge in [0.2, 0.25) is 0 Å². The first-order valence-electron chi connectivity index (χ1n) is 0.204. The fraction of sp³-hybridized carbons (Fsp3) is 0. The van der Waals surface area contributed by atoms with Crippen molar-refractivity contribution in [2.45, 2.75) is 0 Å². The van der Waals surface area contributed by atoms with E-state index in [1.54, 1.807) is 0 Å². The van der Waals surface area contributed by atoms with Crippen molar-refractivity contribution in [3.05, 3.63) is 4.91 Å². The number of nitroso groups, excluding NO2 is 1. The van der Waals surface area contributed by atoms with E-state index in [2.05, 4.69) is 5.59 Å². The van der Waals surface area contributed by atoms with E-state index in [0.29, 0.717) is 0 Å². The van der Waals surface area contributed by atoms with E-state index in [1.165, 1.54) is 0 Å². The first-order chi connectivity index (χ1) is 1.00. The van der Waals surface area contributed by atoms with Crippen LogP contribution in [0.1, 0.15) is 0 Å². The van der Waals surface area contributed by atoms with Crippen molar-refractivity contribution in [2.24, 2.45) is 0 Å².